The van der Waals surface area contributed by atoms with Crippen molar-refractivity contribution in [3.8, 4) is 0 Å². The lowest BCUT2D eigenvalue weighted by molar-refractivity contribution is 0.0866. The molecule has 1 aromatic rings. The quantitative estimate of drug-likeness (QED) is 0.582. The van der Waals surface area contributed by atoms with Gasteiger partial charge in [-0.15, -0.1) is 0 Å². The lowest BCUT2D eigenvalue weighted by Gasteiger charge is -2.07. The first-order valence-electron chi connectivity index (χ1n) is 5.67. The number of aliphatic hydroxyl groups is 1. The van der Waals surface area contributed by atoms with Gasteiger partial charge in [0.2, 0.25) is 0 Å². The second-order valence-corrected chi connectivity index (χ2v) is 3.69. The Morgan fingerprint density at radius 3 is 2.53 bits per heavy atom. The molecule has 0 bridgehead atoms. The lowest BCUT2D eigenvalue weighted by Crippen LogP contribution is -2.26. The molecule has 7 heteroatoms. The fraction of sp³-hybridized carbons (Fsp3) is 0.417. The molecule has 106 valence electrons. The van der Waals surface area contributed by atoms with Crippen LogP contribution < -0.4 is 5.32 Å². The van der Waals surface area contributed by atoms with Crippen LogP contribution in [0.5, 0.6) is 0 Å². The predicted octanol–water partition coefficient (Wildman–Crippen LogP) is 1.23. The number of carbonyl (C=O) groups excluding carboxylic acids is 1. The van der Waals surface area contributed by atoms with E-state index in [4.69, 9.17) is 9.84 Å². The molecule has 0 aliphatic heterocycles. The largest absolute Gasteiger partial charge is 0.394 e. The van der Waals surface area contributed by atoms with Crippen molar-refractivity contribution < 1.29 is 27.8 Å². The zero-order chi connectivity index (χ0) is 14.3. The second-order valence-electron chi connectivity index (χ2n) is 3.69. The van der Waals surface area contributed by atoms with Crippen molar-refractivity contribution in [2.24, 2.45) is 0 Å². The van der Waals surface area contributed by atoms with Crippen molar-refractivity contribution in [3.05, 3.63) is 35.1 Å². The normalized spacial score (nSPS) is 10.5. The Morgan fingerprint density at radius 1 is 1.16 bits per heavy atom. The molecule has 0 fully saturated rings. The third-order valence-electron chi connectivity index (χ3n) is 2.24. The summed E-state index contributed by atoms with van der Waals surface area (Å²) in [7, 11) is 0. The molecule has 0 spiro atoms. The maximum Gasteiger partial charge on any atom is 0.254 e. The molecule has 1 rings (SSSR count). The highest BCUT2D eigenvalue weighted by molar-refractivity contribution is 5.94. The van der Waals surface area contributed by atoms with E-state index in [1.165, 1.54) is 0 Å². The van der Waals surface area contributed by atoms with Gasteiger partial charge in [-0.2, -0.15) is 0 Å². The number of aliphatic hydroxyl groups excluding tert-OH is 1. The molecule has 0 heterocycles. The number of benzene rings is 1. The molecule has 2 N–H and O–H groups in total. The van der Waals surface area contributed by atoms with Crippen molar-refractivity contribution in [2.75, 3.05) is 26.4 Å². The van der Waals surface area contributed by atoms with Gasteiger partial charge in [-0.25, -0.2) is 13.2 Å². The van der Waals surface area contributed by atoms with E-state index in [0.29, 0.717) is 25.2 Å². The molecule has 19 heavy (non-hydrogen) atoms. The summed E-state index contributed by atoms with van der Waals surface area (Å²) < 4.78 is 43.7. The molecule has 0 radical (unpaired) electrons. The van der Waals surface area contributed by atoms with E-state index >= 15 is 0 Å². The van der Waals surface area contributed by atoms with Crippen LogP contribution in [0.25, 0.3) is 0 Å². The number of nitrogens with one attached hydrogen (secondary N) is 1. The average Bonchev–Trinajstić information content (AvgIpc) is 2.37. The molecule has 0 aromatic heterocycles. The Balaban J connectivity index is 2.43. The topological polar surface area (TPSA) is 58.6 Å². The van der Waals surface area contributed by atoms with Crippen molar-refractivity contribution in [1.82, 2.24) is 5.32 Å². The van der Waals surface area contributed by atoms with Crippen molar-refractivity contribution >= 4 is 5.91 Å². The molecule has 1 aromatic carbocycles. The lowest BCUT2D eigenvalue weighted by atomic mass is 10.2. The van der Waals surface area contributed by atoms with E-state index in [0.717, 1.165) is 0 Å². The van der Waals surface area contributed by atoms with Gasteiger partial charge < -0.3 is 15.2 Å². The number of halogens is 3. The van der Waals surface area contributed by atoms with Gasteiger partial charge in [0, 0.05) is 19.2 Å². The number of hydrogen-bond acceptors (Lipinski definition) is 3. The standard InChI is InChI=1S/C12H14F3NO3/c13-9-7-11(15)10(14)6-8(9)12(18)16-2-1-4-19-5-3-17/h6-7,17H,1-5H2,(H,16,18). The van der Waals surface area contributed by atoms with Crippen LogP contribution in [-0.4, -0.2) is 37.4 Å². The van der Waals surface area contributed by atoms with Gasteiger partial charge in [-0.05, 0) is 12.5 Å². The number of amides is 1. The van der Waals surface area contributed by atoms with Gasteiger partial charge in [0.25, 0.3) is 5.91 Å². The van der Waals surface area contributed by atoms with Gasteiger partial charge in [0.1, 0.15) is 5.82 Å². The van der Waals surface area contributed by atoms with Crippen LogP contribution in [0.4, 0.5) is 13.2 Å². The number of carbonyl (C=O) groups is 1. The smallest absolute Gasteiger partial charge is 0.254 e. The molecular formula is C12H14F3NO3. The maximum absolute atomic E-state index is 13.2. The zero-order valence-electron chi connectivity index (χ0n) is 10.1. The summed E-state index contributed by atoms with van der Waals surface area (Å²) in [6, 6.07) is 0.844. The van der Waals surface area contributed by atoms with E-state index in [1.807, 2.05) is 0 Å². The average molecular weight is 277 g/mol. The fourth-order valence-electron chi connectivity index (χ4n) is 1.33. The SMILES string of the molecule is O=C(NCCCOCCO)c1cc(F)c(F)cc1F. The van der Waals surface area contributed by atoms with Crippen LogP contribution in [0.1, 0.15) is 16.8 Å². The van der Waals surface area contributed by atoms with Crippen LogP contribution >= 0.6 is 0 Å². The molecule has 0 atom stereocenters. The summed E-state index contributed by atoms with van der Waals surface area (Å²) in [4.78, 5) is 11.5. The molecule has 4 nitrogen and oxygen atoms in total. The van der Waals surface area contributed by atoms with Crippen molar-refractivity contribution in [1.29, 1.82) is 0 Å². The van der Waals surface area contributed by atoms with Gasteiger partial charge in [0.15, 0.2) is 11.6 Å². The molecule has 0 aliphatic rings. The van der Waals surface area contributed by atoms with Gasteiger partial charge in [-0.1, -0.05) is 0 Å². The van der Waals surface area contributed by atoms with Crippen LogP contribution in [0, 0.1) is 17.5 Å². The van der Waals surface area contributed by atoms with E-state index in [2.05, 4.69) is 5.32 Å². The number of hydrogen-bond donors (Lipinski definition) is 2. The van der Waals surface area contributed by atoms with Crippen LogP contribution in [0.3, 0.4) is 0 Å². The highest BCUT2D eigenvalue weighted by atomic mass is 19.2. The molecule has 0 aliphatic carbocycles. The van der Waals surface area contributed by atoms with E-state index in [9.17, 15) is 18.0 Å². The molecule has 0 unspecified atom stereocenters. The molecule has 0 saturated carbocycles. The number of ether oxygens (including phenoxy) is 1. The van der Waals surface area contributed by atoms with Crippen LogP contribution in [0.2, 0.25) is 0 Å². The first-order chi connectivity index (χ1) is 9.06. The van der Waals surface area contributed by atoms with Crippen LogP contribution in [-0.2, 0) is 4.74 Å². The Hall–Kier alpha value is -1.60. The Labute approximate surface area is 108 Å². The molecular weight excluding hydrogens is 263 g/mol. The Morgan fingerprint density at radius 2 is 1.84 bits per heavy atom. The van der Waals surface area contributed by atoms with Crippen molar-refractivity contribution in [2.45, 2.75) is 6.42 Å². The van der Waals surface area contributed by atoms with E-state index < -0.39 is 28.9 Å². The Kier molecular flexibility index (Phi) is 6.31. The summed E-state index contributed by atoms with van der Waals surface area (Å²) in [5.41, 5.74) is -0.546. The monoisotopic (exact) mass is 277 g/mol. The maximum atomic E-state index is 13.2. The van der Waals surface area contributed by atoms with E-state index in [1.54, 1.807) is 0 Å². The third kappa shape index (κ3) is 4.88. The summed E-state index contributed by atoms with van der Waals surface area (Å²) in [6.45, 7) is 0.627. The minimum Gasteiger partial charge on any atom is -0.394 e. The third-order valence-corrected chi connectivity index (χ3v) is 2.24. The summed E-state index contributed by atoms with van der Waals surface area (Å²) in [5.74, 6) is -4.56. The highest BCUT2D eigenvalue weighted by Gasteiger charge is 2.15. The number of rotatable bonds is 7. The Bertz CT molecular complexity index is 440. The van der Waals surface area contributed by atoms with E-state index in [-0.39, 0.29) is 19.8 Å². The molecule has 1 amide bonds. The first kappa shape index (κ1) is 15.5. The highest BCUT2D eigenvalue weighted by Crippen LogP contribution is 2.13. The van der Waals surface area contributed by atoms with Crippen molar-refractivity contribution in [3.63, 3.8) is 0 Å². The van der Waals surface area contributed by atoms with Gasteiger partial charge in [0.05, 0.1) is 18.8 Å². The van der Waals surface area contributed by atoms with Crippen LogP contribution in [0.15, 0.2) is 12.1 Å². The summed E-state index contributed by atoms with van der Waals surface area (Å²) >= 11 is 0. The summed E-state index contributed by atoms with van der Waals surface area (Å²) in [5, 5.41) is 10.8. The minimum atomic E-state index is -1.34. The molecule has 0 saturated heterocycles. The fourth-order valence-corrected chi connectivity index (χ4v) is 1.33. The minimum absolute atomic E-state index is 0.0908. The first-order valence-corrected chi connectivity index (χ1v) is 5.67. The summed E-state index contributed by atoms with van der Waals surface area (Å²) in [6.07, 6.45) is 0.455. The zero-order valence-corrected chi connectivity index (χ0v) is 10.1. The predicted molar refractivity (Wildman–Crippen MR) is 61.2 cm³/mol. The van der Waals surface area contributed by atoms with Gasteiger partial charge in [-0.3, -0.25) is 4.79 Å². The second kappa shape index (κ2) is 7.75. The van der Waals surface area contributed by atoms with Gasteiger partial charge >= 0.3 is 0 Å².